The third kappa shape index (κ3) is 4.55. The maximum atomic E-state index is 11.8. The summed E-state index contributed by atoms with van der Waals surface area (Å²) in [5.41, 5.74) is 2.29. The van der Waals surface area contributed by atoms with Crippen LogP contribution < -0.4 is 15.4 Å². The van der Waals surface area contributed by atoms with Gasteiger partial charge in [0, 0.05) is 5.69 Å². The predicted molar refractivity (Wildman–Crippen MR) is 118 cm³/mol. The van der Waals surface area contributed by atoms with Crippen LogP contribution in [0.25, 0.3) is 16.7 Å². The van der Waals surface area contributed by atoms with Crippen LogP contribution in [0.4, 0.5) is 17.5 Å². The summed E-state index contributed by atoms with van der Waals surface area (Å²) in [5.74, 6) is 1.22. The number of carbonyl (C=O) groups excluding carboxylic acids is 1. The first-order chi connectivity index (χ1) is 15.2. The monoisotopic (exact) mass is 418 g/mol. The molecule has 0 unspecified atom stereocenters. The molecule has 0 amide bonds. The van der Waals surface area contributed by atoms with Crippen molar-refractivity contribution in [1.29, 1.82) is 0 Å². The van der Waals surface area contributed by atoms with Gasteiger partial charge in [-0.1, -0.05) is 18.2 Å². The van der Waals surface area contributed by atoms with E-state index in [-0.39, 0.29) is 18.5 Å². The van der Waals surface area contributed by atoms with Gasteiger partial charge in [-0.15, -0.1) is 0 Å². The lowest BCUT2D eigenvalue weighted by Crippen LogP contribution is -2.18. The molecule has 4 aromatic rings. The van der Waals surface area contributed by atoms with Gasteiger partial charge in [0.05, 0.1) is 31.0 Å². The number of anilines is 3. The minimum atomic E-state index is -0.382. The van der Waals surface area contributed by atoms with E-state index in [2.05, 4.69) is 25.7 Å². The van der Waals surface area contributed by atoms with Crippen LogP contribution in [0.1, 0.15) is 6.92 Å². The van der Waals surface area contributed by atoms with Crippen LogP contribution in [0.5, 0.6) is 5.75 Å². The van der Waals surface area contributed by atoms with E-state index >= 15 is 0 Å². The molecule has 2 N–H and O–H groups in total. The Hall–Kier alpha value is -4.14. The van der Waals surface area contributed by atoms with Crippen molar-refractivity contribution < 1.29 is 14.3 Å². The fourth-order valence-corrected chi connectivity index (χ4v) is 3.01. The van der Waals surface area contributed by atoms with E-state index in [1.165, 1.54) is 0 Å². The average molecular weight is 418 g/mol. The second-order valence-corrected chi connectivity index (χ2v) is 6.54. The van der Waals surface area contributed by atoms with Crippen molar-refractivity contribution >= 4 is 34.5 Å². The van der Waals surface area contributed by atoms with Crippen molar-refractivity contribution in [3.05, 3.63) is 60.8 Å². The van der Waals surface area contributed by atoms with Gasteiger partial charge in [0.1, 0.15) is 18.1 Å². The van der Waals surface area contributed by atoms with Crippen molar-refractivity contribution in [3.63, 3.8) is 0 Å². The number of nitrogens with one attached hydrogen (secondary N) is 2. The van der Waals surface area contributed by atoms with E-state index in [1.807, 2.05) is 54.6 Å². The second-order valence-electron chi connectivity index (χ2n) is 6.54. The number of aromatic nitrogens is 4. The molecule has 0 aliphatic rings. The Kier molecular flexibility index (Phi) is 5.93. The highest BCUT2D eigenvalue weighted by Gasteiger charge is 2.15. The lowest BCUT2D eigenvalue weighted by Gasteiger charge is -2.11. The van der Waals surface area contributed by atoms with Gasteiger partial charge >= 0.3 is 5.97 Å². The van der Waals surface area contributed by atoms with Gasteiger partial charge in [-0.3, -0.25) is 4.79 Å². The molecule has 0 aliphatic carbocycles. The van der Waals surface area contributed by atoms with Crippen LogP contribution in [-0.2, 0) is 9.53 Å². The maximum absolute atomic E-state index is 11.8. The highest BCUT2D eigenvalue weighted by Crippen LogP contribution is 2.27. The van der Waals surface area contributed by atoms with E-state index in [4.69, 9.17) is 9.47 Å². The predicted octanol–water partition coefficient (Wildman–Crippen LogP) is 3.54. The lowest BCUT2D eigenvalue weighted by molar-refractivity contribution is -0.140. The molecule has 4 rings (SSSR count). The Morgan fingerprint density at radius 3 is 2.55 bits per heavy atom. The van der Waals surface area contributed by atoms with Gasteiger partial charge < -0.3 is 20.1 Å². The summed E-state index contributed by atoms with van der Waals surface area (Å²) < 4.78 is 11.9. The summed E-state index contributed by atoms with van der Waals surface area (Å²) in [4.78, 5) is 20.9. The molecule has 0 bridgehead atoms. The maximum Gasteiger partial charge on any atom is 0.325 e. The summed E-state index contributed by atoms with van der Waals surface area (Å²) in [6, 6.07) is 17.2. The van der Waals surface area contributed by atoms with Gasteiger partial charge in [-0.25, -0.2) is 4.68 Å². The Balaban J connectivity index is 1.73. The molecule has 31 heavy (non-hydrogen) atoms. The molecule has 158 valence electrons. The van der Waals surface area contributed by atoms with E-state index in [0.717, 1.165) is 22.5 Å². The standard InChI is InChI=1S/C22H22N6O3/c1-3-31-19(29)14-23-22-26-20(25-15-9-11-17(30-2)12-10-15)18-13-24-28(21(18)27-22)16-7-5-4-6-8-16/h4-13H,3,14H2,1-2H3,(H2,23,25,26,27). The van der Waals surface area contributed by atoms with Crippen molar-refractivity contribution in [1.82, 2.24) is 19.7 Å². The van der Waals surface area contributed by atoms with E-state index in [1.54, 1.807) is 24.9 Å². The smallest absolute Gasteiger partial charge is 0.325 e. The second kappa shape index (κ2) is 9.12. The third-order valence-electron chi connectivity index (χ3n) is 4.48. The molecule has 0 fully saturated rings. The molecule has 9 heteroatoms. The zero-order chi connectivity index (χ0) is 21.6. The first-order valence-electron chi connectivity index (χ1n) is 9.79. The molecule has 9 nitrogen and oxygen atoms in total. The number of carbonyl (C=O) groups is 1. The SMILES string of the molecule is CCOC(=O)CNc1nc(Nc2ccc(OC)cc2)c2cnn(-c3ccccc3)c2n1. The summed E-state index contributed by atoms with van der Waals surface area (Å²) in [5, 5.41) is 11.5. The van der Waals surface area contributed by atoms with Gasteiger partial charge in [-0.05, 0) is 43.3 Å². The van der Waals surface area contributed by atoms with Gasteiger partial charge in [0.2, 0.25) is 5.95 Å². The van der Waals surface area contributed by atoms with Crippen LogP contribution in [-0.4, -0.2) is 46.0 Å². The van der Waals surface area contributed by atoms with Crippen LogP contribution in [0.15, 0.2) is 60.8 Å². The number of benzene rings is 2. The number of para-hydroxylation sites is 1. The van der Waals surface area contributed by atoms with E-state index in [0.29, 0.717) is 18.1 Å². The molecular weight excluding hydrogens is 396 g/mol. The largest absolute Gasteiger partial charge is 0.497 e. The van der Waals surface area contributed by atoms with Crippen molar-refractivity contribution in [2.75, 3.05) is 30.9 Å². The fourth-order valence-electron chi connectivity index (χ4n) is 3.01. The summed E-state index contributed by atoms with van der Waals surface area (Å²) in [6.45, 7) is 2.03. The fraction of sp³-hybridized carbons (Fsp3) is 0.182. The van der Waals surface area contributed by atoms with Crippen molar-refractivity contribution in [2.24, 2.45) is 0 Å². The molecule has 2 aromatic heterocycles. The van der Waals surface area contributed by atoms with Crippen molar-refractivity contribution in [3.8, 4) is 11.4 Å². The minimum Gasteiger partial charge on any atom is -0.497 e. The Labute approximate surface area is 179 Å². The first-order valence-corrected chi connectivity index (χ1v) is 9.79. The number of hydrogen-bond acceptors (Lipinski definition) is 8. The van der Waals surface area contributed by atoms with Gasteiger partial charge in [0.15, 0.2) is 5.65 Å². The molecular formula is C22H22N6O3. The molecule has 2 heterocycles. The number of esters is 1. The summed E-state index contributed by atoms with van der Waals surface area (Å²) in [6.07, 6.45) is 1.71. The summed E-state index contributed by atoms with van der Waals surface area (Å²) >= 11 is 0. The zero-order valence-corrected chi connectivity index (χ0v) is 17.2. The van der Waals surface area contributed by atoms with Crippen LogP contribution in [0, 0.1) is 0 Å². The lowest BCUT2D eigenvalue weighted by atomic mass is 10.3. The molecule has 0 radical (unpaired) electrons. The molecule has 2 aromatic carbocycles. The van der Waals surface area contributed by atoms with Crippen LogP contribution in [0.2, 0.25) is 0 Å². The minimum absolute atomic E-state index is 0.0409. The molecule has 0 atom stereocenters. The first kappa shape index (κ1) is 20.1. The highest BCUT2D eigenvalue weighted by atomic mass is 16.5. The number of ether oxygens (including phenoxy) is 2. The van der Waals surface area contributed by atoms with E-state index < -0.39 is 0 Å². The Morgan fingerprint density at radius 1 is 1.06 bits per heavy atom. The molecule has 0 spiro atoms. The normalized spacial score (nSPS) is 10.6. The summed E-state index contributed by atoms with van der Waals surface area (Å²) in [7, 11) is 1.62. The van der Waals surface area contributed by atoms with Gasteiger partial charge in [-0.2, -0.15) is 15.1 Å². The number of hydrogen-bond donors (Lipinski definition) is 2. The topological polar surface area (TPSA) is 103 Å². The average Bonchev–Trinajstić information content (AvgIpc) is 3.23. The number of fused-ring (bicyclic) bond motifs is 1. The van der Waals surface area contributed by atoms with Crippen LogP contribution in [0.3, 0.4) is 0 Å². The quantitative estimate of drug-likeness (QED) is 0.419. The van der Waals surface area contributed by atoms with Crippen molar-refractivity contribution in [2.45, 2.75) is 6.92 Å². The van der Waals surface area contributed by atoms with Crippen LogP contribution >= 0.6 is 0 Å². The number of nitrogens with zero attached hydrogens (tertiary/aromatic N) is 4. The van der Waals surface area contributed by atoms with Gasteiger partial charge in [0.25, 0.3) is 0 Å². The molecule has 0 aliphatic heterocycles. The molecule has 0 saturated carbocycles. The Morgan fingerprint density at radius 2 is 1.84 bits per heavy atom. The Bertz CT molecular complexity index is 1180. The molecule has 0 saturated heterocycles. The zero-order valence-electron chi connectivity index (χ0n) is 17.2. The number of methoxy groups -OCH3 is 1. The van der Waals surface area contributed by atoms with E-state index in [9.17, 15) is 4.79 Å². The number of rotatable bonds is 8. The highest BCUT2D eigenvalue weighted by molar-refractivity contribution is 5.90. The third-order valence-corrected chi connectivity index (χ3v) is 4.48.